The topological polar surface area (TPSA) is 66.4 Å². The lowest BCUT2D eigenvalue weighted by Gasteiger charge is -2.02. The van der Waals surface area contributed by atoms with Gasteiger partial charge in [-0.2, -0.15) is 0 Å². The number of amides is 1. The number of carbonyl (C=O) groups is 2. The van der Waals surface area contributed by atoms with Gasteiger partial charge in [0.05, 0.1) is 18.1 Å². The fourth-order valence-electron chi connectivity index (χ4n) is 0.914. The number of hydrogen-bond acceptors (Lipinski definition) is 4. The van der Waals surface area contributed by atoms with Crippen LogP contribution in [0.5, 0.6) is 0 Å². The van der Waals surface area contributed by atoms with Crippen molar-refractivity contribution in [1.82, 2.24) is 5.32 Å². The standard InChI is InChI=1S/C9H10BrNO3S2/c10-6-1-7(16-3-6)2-11-8(12)4-15-5-9(13)14/h1,3H,2,4-5H2,(H,11,12)(H,13,14). The van der Waals surface area contributed by atoms with E-state index in [1.54, 1.807) is 11.3 Å². The van der Waals surface area contributed by atoms with Crippen LogP contribution in [0.4, 0.5) is 0 Å². The molecule has 1 rings (SSSR count). The van der Waals surface area contributed by atoms with Crippen LogP contribution in [-0.2, 0) is 16.1 Å². The molecule has 16 heavy (non-hydrogen) atoms. The third kappa shape index (κ3) is 5.53. The quantitative estimate of drug-likeness (QED) is 0.839. The Morgan fingerprint density at radius 2 is 2.25 bits per heavy atom. The molecule has 1 aromatic rings. The number of aliphatic carboxylic acids is 1. The molecule has 0 spiro atoms. The van der Waals surface area contributed by atoms with Gasteiger partial charge in [-0.15, -0.1) is 23.1 Å². The van der Waals surface area contributed by atoms with Gasteiger partial charge < -0.3 is 10.4 Å². The fraction of sp³-hybridized carbons (Fsp3) is 0.333. The zero-order valence-corrected chi connectivity index (χ0v) is 11.5. The summed E-state index contributed by atoms with van der Waals surface area (Å²) in [4.78, 5) is 22.5. The van der Waals surface area contributed by atoms with E-state index in [-0.39, 0.29) is 17.4 Å². The summed E-state index contributed by atoms with van der Waals surface area (Å²) in [6.07, 6.45) is 0. The van der Waals surface area contributed by atoms with E-state index in [4.69, 9.17) is 5.11 Å². The van der Waals surface area contributed by atoms with Crippen molar-refractivity contribution in [2.45, 2.75) is 6.54 Å². The van der Waals surface area contributed by atoms with E-state index < -0.39 is 5.97 Å². The molecule has 2 N–H and O–H groups in total. The molecule has 1 aromatic heterocycles. The van der Waals surface area contributed by atoms with Gasteiger partial charge in [0, 0.05) is 14.7 Å². The minimum absolute atomic E-state index is 0.0437. The van der Waals surface area contributed by atoms with E-state index in [9.17, 15) is 9.59 Å². The van der Waals surface area contributed by atoms with E-state index in [0.717, 1.165) is 21.1 Å². The second kappa shape index (κ2) is 6.93. The molecular weight excluding hydrogens is 314 g/mol. The van der Waals surface area contributed by atoms with Gasteiger partial charge in [-0.05, 0) is 22.0 Å². The Balaban J connectivity index is 2.17. The van der Waals surface area contributed by atoms with Gasteiger partial charge in [-0.1, -0.05) is 0 Å². The van der Waals surface area contributed by atoms with Crippen molar-refractivity contribution in [3.05, 3.63) is 20.8 Å². The number of hydrogen-bond donors (Lipinski definition) is 2. The number of thiophene rings is 1. The largest absolute Gasteiger partial charge is 0.481 e. The molecule has 0 unspecified atom stereocenters. The van der Waals surface area contributed by atoms with Gasteiger partial charge in [0.2, 0.25) is 5.91 Å². The van der Waals surface area contributed by atoms with Crippen molar-refractivity contribution >= 4 is 50.9 Å². The van der Waals surface area contributed by atoms with Crippen LogP contribution in [0.3, 0.4) is 0 Å². The summed E-state index contributed by atoms with van der Waals surface area (Å²) in [6, 6.07) is 1.94. The van der Waals surface area contributed by atoms with Crippen molar-refractivity contribution in [2.24, 2.45) is 0 Å². The molecule has 0 radical (unpaired) electrons. The first-order valence-corrected chi connectivity index (χ1v) is 7.20. The summed E-state index contributed by atoms with van der Waals surface area (Å²) in [6.45, 7) is 0.489. The molecule has 0 atom stereocenters. The monoisotopic (exact) mass is 323 g/mol. The Kier molecular flexibility index (Phi) is 5.86. The van der Waals surface area contributed by atoms with Crippen LogP contribution in [-0.4, -0.2) is 28.5 Å². The predicted molar refractivity (Wildman–Crippen MR) is 68.8 cm³/mol. The molecule has 1 amide bonds. The maximum absolute atomic E-state index is 11.3. The summed E-state index contributed by atoms with van der Waals surface area (Å²) in [5, 5.41) is 13.0. The van der Waals surface area contributed by atoms with Crippen LogP contribution in [0.15, 0.2) is 15.9 Å². The molecular formula is C9H10BrNO3S2. The number of carbonyl (C=O) groups excluding carboxylic acids is 1. The van der Waals surface area contributed by atoms with Crippen molar-refractivity contribution < 1.29 is 14.7 Å². The number of carboxylic acids is 1. The SMILES string of the molecule is O=C(O)CSCC(=O)NCc1cc(Br)cs1. The highest BCUT2D eigenvalue weighted by atomic mass is 79.9. The normalized spacial score (nSPS) is 10.1. The Labute approximate surface area is 110 Å². The van der Waals surface area contributed by atoms with Crippen molar-refractivity contribution in [2.75, 3.05) is 11.5 Å². The summed E-state index contributed by atoms with van der Waals surface area (Å²) in [7, 11) is 0. The summed E-state index contributed by atoms with van der Waals surface area (Å²) in [5.74, 6) is -0.910. The van der Waals surface area contributed by atoms with Crippen LogP contribution in [0.1, 0.15) is 4.88 Å². The van der Waals surface area contributed by atoms with E-state index in [2.05, 4.69) is 21.2 Å². The fourth-order valence-corrected chi connectivity index (χ4v) is 2.87. The van der Waals surface area contributed by atoms with Crippen LogP contribution < -0.4 is 5.32 Å². The van der Waals surface area contributed by atoms with Gasteiger partial charge >= 0.3 is 5.97 Å². The first-order chi connectivity index (χ1) is 7.58. The molecule has 0 saturated carbocycles. The van der Waals surface area contributed by atoms with Crippen LogP contribution in [0.2, 0.25) is 0 Å². The smallest absolute Gasteiger partial charge is 0.313 e. The van der Waals surface area contributed by atoms with E-state index in [1.165, 1.54) is 0 Å². The zero-order valence-electron chi connectivity index (χ0n) is 8.23. The molecule has 0 aliphatic carbocycles. The predicted octanol–water partition coefficient (Wildman–Crippen LogP) is 1.94. The highest BCUT2D eigenvalue weighted by Gasteiger charge is 2.04. The Morgan fingerprint density at radius 1 is 1.50 bits per heavy atom. The molecule has 0 fully saturated rings. The third-order valence-electron chi connectivity index (χ3n) is 1.54. The Hall–Kier alpha value is -0.530. The summed E-state index contributed by atoms with van der Waals surface area (Å²) >= 11 is 5.98. The molecule has 7 heteroatoms. The van der Waals surface area contributed by atoms with Gasteiger partial charge in [0.1, 0.15) is 0 Å². The minimum Gasteiger partial charge on any atom is -0.481 e. The minimum atomic E-state index is -0.903. The molecule has 1 heterocycles. The van der Waals surface area contributed by atoms with Gasteiger partial charge in [0.25, 0.3) is 0 Å². The summed E-state index contributed by atoms with van der Waals surface area (Å²) in [5.41, 5.74) is 0. The maximum Gasteiger partial charge on any atom is 0.313 e. The zero-order chi connectivity index (χ0) is 12.0. The number of carboxylic acid groups (broad SMARTS) is 1. The highest BCUT2D eigenvalue weighted by molar-refractivity contribution is 9.10. The summed E-state index contributed by atoms with van der Waals surface area (Å²) < 4.78 is 1.00. The maximum atomic E-state index is 11.3. The van der Waals surface area contributed by atoms with Crippen LogP contribution in [0.25, 0.3) is 0 Å². The number of halogens is 1. The van der Waals surface area contributed by atoms with Crippen molar-refractivity contribution in [3.63, 3.8) is 0 Å². The number of thioether (sulfide) groups is 1. The third-order valence-corrected chi connectivity index (χ3v) is 4.16. The molecule has 0 saturated heterocycles. The number of nitrogens with one attached hydrogen (secondary N) is 1. The lowest BCUT2D eigenvalue weighted by Crippen LogP contribution is -2.24. The average molecular weight is 324 g/mol. The second-order valence-electron chi connectivity index (χ2n) is 2.89. The van der Waals surface area contributed by atoms with Gasteiger partial charge in [-0.3, -0.25) is 9.59 Å². The molecule has 88 valence electrons. The van der Waals surface area contributed by atoms with Gasteiger partial charge in [-0.25, -0.2) is 0 Å². The highest BCUT2D eigenvalue weighted by Crippen LogP contribution is 2.19. The Morgan fingerprint density at radius 3 is 2.81 bits per heavy atom. The second-order valence-corrected chi connectivity index (χ2v) is 5.79. The van der Waals surface area contributed by atoms with Crippen molar-refractivity contribution in [3.8, 4) is 0 Å². The van der Waals surface area contributed by atoms with Crippen molar-refractivity contribution in [1.29, 1.82) is 0 Å². The van der Waals surface area contributed by atoms with Gasteiger partial charge in [0.15, 0.2) is 0 Å². The van der Waals surface area contributed by atoms with E-state index in [1.807, 2.05) is 11.4 Å². The molecule has 0 bridgehead atoms. The van der Waals surface area contributed by atoms with Crippen LogP contribution >= 0.6 is 39.0 Å². The van der Waals surface area contributed by atoms with Crippen LogP contribution in [0, 0.1) is 0 Å². The average Bonchev–Trinajstić information content (AvgIpc) is 2.61. The molecule has 0 aromatic carbocycles. The first-order valence-electron chi connectivity index (χ1n) is 4.37. The van der Waals surface area contributed by atoms with E-state index >= 15 is 0 Å². The molecule has 4 nitrogen and oxygen atoms in total. The first kappa shape index (κ1) is 13.5. The number of rotatable bonds is 6. The molecule has 0 aliphatic rings. The Bertz CT molecular complexity index is 381. The van der Waals surface area contributed by atoms with E-state index in [0.29, 0.717) is 6.54 Å². The lowest BCUT2D eigenvalue weighted by atomic mass is 10.4. The molecule has 0 aliphatic heterocycles. The lowest BCUT2D eigenvalue weighted by molar-refractivity contribution is -0.133.